The Morgan fingerprint density at radius 1 is 0.917 bits per heavy atom. The van der Waals surface area contributed by atoms with Gasteiger partial charge >= 0.3 is 0 Å². The van der Waals surface area contributed by atoms with Crippen molar-refractivity contribution < 1.29 is 9.47 Å². The van der Waals surface area contributed by atoms with Crippen LogP contribution in [0.5, 0.6) is 0 Å². The maximum absolute atomic E-state index is 5.48. The van der Waals surface area contributed by atoms with Gasteiger partial charge in [-0.3, -0.25) is 0 Å². The zero-order chi connectivity index (χ0) is 9.56. The summed E-state index contributed by atoms with van der Waals surface area (Å²) >= 11 is 0. The summed E-state index contributed by atoms with van der Waals surface area (Å²) in [6.07, 6.45) is -0.0278. The van der Waals surface area contributed by atoms with Gasteiger partial charge in [-0.05, 0) is 19.8 Å². The van der Waals surface area contributed by atoms with Crippen molar-refractivity contribution in [2.24, 2.45) is 11.8 Å². The van der Waals surface area contributed by atoms with Crippen LogP contribution in [-0.2, 0) is 9.47 Å². The quantitative estimate of drug-likeness (QED) is 0.576. The molecule has 0 spiro atoms. The first kappa shape index (κ1) is 11.9. The second-order valence-corrected chi connectivity index (χ2v) is 3.38. The van der Waals surface area contributed by atoms with Crippen molar-refractivity contribution >= 4 is 0 Å². The third-order valence-corrected chi connectivity index (χ3v) is 2.14. The molecule has 74 valence electrons. The molecule has 0 aliphatic carbocycles. The molecule has 0 aromatic rings. The molecule has 2 nitrogen and oxygen atoms in total. The van der Waals surface area contributed by atoms with Gasteiger partial charge in [0.05, 0.1) is 0 Å². The lowest BCUT2D eigenvalue weighted by molar-refractivity contribution is -0.171. The largest absolute Gasteiger partial charge is 0.353 e. The Morgan fingerprint density at radius 2 is 1.33 bits per heavy atom. The Hall–Kier alpha value is -0.0800. The van der Waals surface area contributed by atoms with E-state index in [0.717, 1.165) is 13.2 Å². The van der Waals surface area contributed by atoms with Crippen LogP contribution in [0.1, 0.15) is 34.6 Å². The van der Waals surface area contributed by atoms with Gasteiger partial charge in [-0.1, -0.05) is 20.8 Å². The van der Waals surface area contributed by atoms with Gasteiger partial charge in [0.15, 0.2) is 6.29 Å². The molecule has 0 aromatic carbocycles. The Balaban J connectivity index is 3.89. The Bertz CT molecular complexity index is 96.0. The lowest BCUT2D eigenvalue weighted by Crippen LogP contribution is -2.28. The summed E-state index contributed by atoms with van der Waals surface area (Å²) in [5.41, 5.74) is 0. The molecule has 0 saturated carbocycles. The van der Waals surface area contributed by atoms with Crippen LogP contribution >= 0.6 is 0 Å². The van der Waals surface area contributed by atoms with Gasteiger partial charge in [-0.25, -0.2) is 0 Å². The highest BCUT2D eigenvalue weighted by atomic mass is 16.7. The summed E-state index contributed by atoms with van der Waals surface area (Å²) in [5.74, 6) is 1.07. The van der Waals surface area contributed by atoms with Crippen molar-refractivity contribution in [3.8, 4) is 0 Å². The first-order valence-electron chi connectivity index (χ1n) is 4.86. The van der Waals surface area contributed by atoms with Crippen molar-refractivity contribution in [1.29, 1.82) is 0 Å². The first-order valence-corrected chi connectivity index (χ1v) is 4.86. The standard InChI is InChI=1S/C10H22O2/c1-6-11-10(12-7-2)9(5)8(3)4/h8-10H,6-7H2,1-5H3. The summed E-state index contributed by atoms with van der Waals surface area (Å²) < 4.78 is 11.0. The van der Waals surface area contributed by atoms with Crippen LogP contribution in [-0.4, -0.2) is 19.5 Å². The van der Waals surface area contributed by atoms with E-state index in [9.17, 15) is 0 Å². The van der Waals surface area contributed by atoms with Crippen LogP contribution in [0.3, 0.4) is 0 Å². The second-order valence-electron chi connectivity index (χ2n) is 3.38. The molecule has 2 heteroatoms. The Morgan fingerprint density at radius 3 is 1.58 bits per heavy atom. The van der Waals surface area contributed by atoms with E-state index in [-0.39, 0.29) is 6.29 Å². The third kappa shape index (κ3) is 4.07. The number of hydrogen-bond acceptors (Lipinski definition) is 2. The molecular formula is C10H22O2. The summed E-state index contributed by atoms with van der Waals surface area (Å²) in [6, 6.07) is 0. The molecule has 0 saturated heterocycles. The molecule has 0 aliphatic heterocycles. The molecule has 0 aromatic heterocycles. The minimum atomic E-state index is -0.0278. The number of ether oxygens (including phenoxy) is 2. The van der Waals surface area contributed by atoms with Crippen LogP contribution in [0.4, 0.5) is 0 Å². The predicted molar refractivity (Wildman–Crippen MR) is 51.0 cm³/mol. The minimum Gasteiger partial charge on any atom is -0.353 e. The van der Waals surface area contributed by atoms with E-state index in [1.807, 2.05) is 13.8 Å². The van der Waals surface area contributed by atoms with E-state index in [2.05, 4.69) is 20.8 Å². The molecule has 0 rings (SSSR count). The Kier molecular flexibility index (Phi) is 6.39. The third-order valence-electron chi connectivity index (χ3n) is 2.14. The zero-order valence-corrected chi connectivity index (χ0v) is 8.96. The average molecular weight is 174 g/mol. The molecule has 1 atom stereocenters. The SMILES string of the molecule is CCOC(OCC)C(C)C(C)C. The van der Waals surface area contributed by atoms with Gasteiger partial charge in [-0.2, -0.15) is 0 Å². The second kappa shape index (κ2) is 6.44. The molecule has 0 bridgehead atoms. The first-order chi connectivity index (χ1) is 5.63. The van der Waals surface area contributed by atoms with Gasteiger partial charge in [-0.15, -0.1) is 0 Å². The maximum atomic E-state index is 5.48. The highest BCUT2D eigenvalue weighted by Gasteiger charge is 2.20. The van der Waals surface area contributed by atoms with Crippen LogP contribution in [0.2, 0.25) is 0 Å². The van der Waals surface area contributed by atoms with Gasteiger partial charge in [0.1, 0.15) is 0 Å². The van der Waals surface area contributed by atoms with Crippen molar-refractivity contribution in [1.82, 2.24) is 0 Å². The summed E-state index contributed by atoms with van der Waals surface area (Å²) in [5, 5.41) is 0. The lowest BCUT2D eigenvalue weighted by atomic mass is 9.97. The highest BCUT2D eigenvalue weighted by molar-refractivity contribution is 4.61. The number of hydrogen-bond donors (Lipinski definition) is 0. The topological polar surface area (TPSA) is 18.5 Å². The summed E-state index contributed by atoms with van der Waals surface area (Å²) in [4.78, 5) is 0. The van der Waals surface area contributed by atoms with E-state index in [4.69, 9.17) is 9.47 Å². The smallest absolute Gasteiger partial charge is 0.160 e. The van der Waals surface area contributed by atoms with Crippen LogP contribution < -0.4 is 0 Å². The van der Waals surface area contributed by atoms with E-state index in [1.165, 1.54) is 0 Å². The maximum Gasteiger partial charge on any atom is 0.160 e. The van der Waals surface area contributed by atoms with Gasteiger partial charge in [0.25, 0.3) is 0 Å². The minimum absolute atomic E-state index is 0.0278. The van der Waals surface area contributed by atoms with E-state index in [0.29, 0.717) is 11.8 Å². The van der Waals surface area contributed by atoms with E-state index >= 15 is 0 Å². The average Bonchev–Trinajstić information content (AvgIpc) is 2.03. The lowest BCUT2D eigenvalue weighted by Gasteiger charge is -2.26. The summed E-state index contributed by atoms with van der Waals surface area (Å²) in [7, 11) is 0. The van der Waals surface area contributed by atoms with E-state index in [1.54, 1.807) is 0 Å². The van der Waals surface area contributed by atoms with Crippen molar-refractivity contribution in [2.45, 2.75) is 40.9 Å². The van der Waals surface area contributed by atoms with Crippen LogP contribution in [0, 0.1) is 11.8 Å². The van der Waals surface area contributed by atoms with Crippen LogP contribution in [0.15, 0.2) is 0 Å². The van der Waals surface area contributed by atoms with Crippen molar-refractivity contribution in [2.75, 3.05) is 13.2 Å². The van der Waals surface area contributed by atoms with Gasteiger partial charge in [0.2, 0.25) is 0 Å². The van der Waals surface area contributed by atoms with Crippen LogP contribution in [0.25, 0.3) is 0 Å². The molecule has 12 heavy (non-hydrogen) atoms. The van der Waals surface area contributed by atoms with Gasteiger partial charge < -0.3 is 9.47 Å². The molecular weight excluding hydrogens is 152 g/mol. The molecule has 0 N–H and O–H groups in total. The molecule has 1 unspecified atom stereocenters. The molecule has 0 radical (unpaired) electrons. The predicted octanol–water partition coefficient (Wildman–Crippen LogP) is 2.68. The fraction of sp³-hybridized carbons (Fsp3) is 1.00. The van der Waals surface area contributed by atoms with Crippen molar-refractivity contribution in [3.63, 3.8) is 0 Å². The fourth-order valence-corrected chi connectivity index (χ4v) is 0.994. The zero-order valence-electron chi connectivity index (χ0n) is 8.96. The molecule has 0 fully saturated rings. The Labute approximate surface area is 76.3 Å². The highest BCUT2D eigenvalue weighted by Crippen LogP contribution is 2.18. The number of rotatable bonds is 6. The fourth-order valence-electron chi connectivity index (χ4n) is 0.994. The normalized spacial score (nSPS) is 14.2. The summed E-state index contributed by atoms with van der Waals surface area (Å²) in [6.45, 7) is 12.0. The monoisotopic (exact) mass is 174 g/mol. The van der Waals surface area contributed by atoms with Gasteiger partial charge in [0, 0.05) is 19.1 Å². The van der Waals surface area contributed by atoms with E-state index < -0.39 is 0 Å². The molecule has 0 amide bonds. The van der Waals surface area contributed by atoms with Crippen molar-refractivity contribution in [3.05, 3.63) is 0 Å². The molecule has 0 aliphatic rings. The molecule has 0 heterocycles.